The van der Waals surface area contributed by atoms with Gasteiger partial charge in [-0.2, -0.15) is 0 Å². The van der Waals surface area contributed by atoms with Crippen LogP contribution in [-0.2, 0) is 9.59 Å². The van der Waals surface area contributed by atoms with Crippen LogP contribution in [0.3, 0.4) is 0 Å². The van der Waals surface area contributed by atoms with Crippen LogP contribution in [-0.4, -0.2) is 42.5 Å². The monoisotopic (exact) mass is 332 g/mol. The lowest BCUT2D eigenvalue weighted by molar-refractivity contribution is -0.128. The highest BCUT2D eigenvalue weighted by Gasteiger charge is 2.41. The fourth-order valence-electron chi connectivity index (χ4n) is 3.02. The minimum absolute atomic E-state index is 0.0966. The van der Waals surface area contributed by atoms with E-state index in [1.165, 1.54) is 0 Å². The van der Waals surface area contributed by atoms with Crippen LogP contribution in [0.25, 0.3) is 0 Å². The topological polar surface area (TPSA) is 67.9 Å². The zero-order chi connectivity index (χ0) is 17.1. The van der Waals surface area contributed by atoms with E-state index in [0.717, 1.165) is 12.8 Å². The van der Waals surface area contributed by atoms with Crippen molar-refractivity contribution in [3.05, 3.63) is 18.2 Å². The van der Waals surface area contributed by atoms with Gasteiger partial charge in [-0.15, -0.1) is 0 Å². The Kier molecular flexibility index (Phi) is 4.92. The highest BCUT2D eigenvalue weighted by molar-refractivity contribution is 5.97. The summed E-state index contributed by atoms with van der Waals surface area (Å²) in [5.74, 6) is 0.977. The maximum atomic E-state index is 12.5. The molecule has 0 spiro atoms. The standard InChI is InChI=1S/C18H24N2O4/c1-3-23-15-8-5-13(10-16(15)24-4-2)19-18(22)12-9-17(21)20(11-12)14-6-7-14/h5,8,10,12,14H,3-4,6-7,9,11H2,1-2H3,(H,19,22)/t12-/m0/s1. The summed E-state index contributed by atoms with van der Waals surface area (Å²) >= 11 is 0. The molecule has 130 valence electrons. The first-order chi connectivity index (χ1) is 11.6. The lowest BCUT2D eigenvalue weighted by Gasteiger charge is -2.16. The van der Waals surface area contributed by atoms with Gasteiger partial charge in [-0.25, -0.2) is 0 Å². The van der Waals surface area contributed by atoms with E-state index in [9.17, 15) is 9.59 Å². The molecule has 0 bridgehead atoms. The molecule has 1 heterocycles. The highest BCUT2D eigenvalue weighted by Crippen LogP contribution is 2.34. The second-order valence-electron chi connectivity index (χ2n) is 6.20. The van der Waals surface area contributed by atoms with Crippen LogP contribution in [0.4, 0.5) is 5.69 Å². The molecule has 6 heteroatoms. The largest absolute Gasteiger partial charge is 0.490 e. The Morgan fingerprint density at radius 1 is 1.21 bits per heavy atom. The predicted molar refractivity (Wildman–Crippen MR) is 90.3 cm³/mol. The Hall–Kier alpha value is -2.24. The van der Waals surface area contributed by atoms with Gasteiger partial charge in [0.15, 0.2) is 11.5 Å². The van der Waals surface area contributed by atoms with Crippen LogP contribution in [0.5, 0.6) is 11.5 Å². The molecule has 2 aliphatic rings. The molecule has 1 aromatic rings. The Balaban J connectivity index is 1.65. The lowest BCUT2D eigenvalue weighted by atomic mass is 10.1. The summed E-state index contributed by atoms with van der Waals surface area (Å²) in [6.07, 6.45) is 2.44. The minimum atomic E-state index is -0.278. The molecule has 6 nitrogen and oxygen atoms in total. The van der Waals surface area contributed by atoms with E-state index in [4.69, 9.17) is 9.47 Å². The SMILES string of the molecule is CCOc1ccc(NC(=O)[C@H]2CC(=O)N(C3CC3)C2)cc1OCC. The van der Waals surface area contributed by atoms with Crippen molar-refractivity contribution in [3.63, 3.8) is 0 Å². The number of rotatable bonds is 7. The number of carbonyl (C=O) groups excluding carboxylic acids is 2. The summed E-state index contributed by atoms with van der Waals surface area (Å²) in [6, 6.07) is 5.72. The number of hydrogen-bond acceptors (Lipinski definition) is 4. The normalized spacial score (nSPS) is 20.2. The molecule has 1 aliphatic heterocycles. The van der Waals surface area contributed by atoms with E-state index in [0.29, 0.717) is 49.4 Å². The number of benzene rings is 1. The number of nitrogens with one attached hydrogen (secondary N) is 1. The van der Waals surface area contributed by atoms with Crippen molar-refractivity contribution in [1.82, 2.24) is 4.90 Å². The second-order valence-corrected chi connectivity index (χ2v) is 6.20. The van der Waals surface area contributed by atoms with Crippen LogP contribution < -0.4 is 14.8 Å². The zero-order valence-corrected chi connectivity index (χ0v) is 14.2. The molecule has 0 unspecified atom stereocenters. The van der Waals surface area contributed by atoms with Crippen molar-refractivity contribution in [1.29, 1.82) is 0 Å². The van der Waals surface area contributed by atoms with Crippen LogP contribution in [0, 0.1) is 5.92 Å². The van der Waals surface area contributed by atoms with Crippen molar-refractivity contribution >= 4 is 17.5 Å². The third kappa shape index (κ3) is 3.63. The van der Waals surface area contributed by atoms with E-state index >= 15 is 0 Å². The van der Waals surface area contributed by atoms with Gasteiger partial charge < -0.3 is 19.7 Å². The van der Waals surface area contributed by atoms with Crippen LogP contribution in [0.15, 0.2) is 18.2 Å². The summed E-state index contributed by atoms with van der Waals surface area (Å²) in [7, 11) is 0. The van der Waals surface area contributed by atoms with E-state index in [-0.39, 0.29) is 17.7 Å². The second kappa shape index (κ2) is 7.11. The molecule has 1 atom stereocenters. The predicted octanol–water partition coefficient (Wildman–Crippen LogP) is 2.43. The molecule has 0 radical (unpaired) electrons. The van der Waals surface area contributed by atoms with Gasteiger partial charge in [-0.05, 0) is 38.8 Å². The van der Waals surface area contributed by atoms with Gasteiger partial charge in [-0.1, -0.05) is 0 Å². The Morgan fingerprint density at radius 2 is 1.92 bits per heavy atom. The maximum Gasteiger partial charge on any atom is 0.229 e. The number of carbonyl (C=O) groups is 2. The fourth-order valence-corrected chi connectivity index (χ4v) is 3.02. The fraction of sp³-hybridized carbons (Fsp3) is 0.556. The van der Waals surface area contributed by atoms with E-state index in [2.05, 4.69) is 5.32 Å². The van der Waals surface area contributed by atoms with Crippen LogP contribution in [0.2, 0.25) is 0 Å². The molecule has 24 heavy (non-hydrogen) atoms. The third-order valence-corrected chi connectivity index (χ3v) is 4.33. The number of likely N-dealkylation sites (tertiary alicyclic amines) is 1. The van der Waals surface area contributed by atoms with Gasteiger partial charge in [-0.3, -0.25) is 9.59 Å². The molecule has 1 aliphatic carbocycles. The Bertz CT molecular complexity index is 627. The lowest BCUT2D eigenvalue weighted by Crippen LogP contribution is -2.29. The summed E-state index contributed by atoms with van der Waals surface area (Å²) < 4.78 is 11.1. The molecule has 0 aromatic heterocycles. The molecule has 2 fully saturated rings. The molecule has 1 N–H and O–H groups in total. The quantitative estimate of drug-likeness (QED) is 0.833. The van der Waals surface area contributed by atoms with Gasteiger partial charge in [0.2, 0.25) is 11.8 Å². The Labute approximate surface area is 142 Å². The minimum Gasteiger partial charge on any atom is -0.490 e. The van der Waals surface area contributed by atoms with Crippen molar-refractivity contribution < 1.29 is 19.1 Å². The molecule has 1 saturated heterocycles. The van der Waals surface area contributed by atoms with Gasteiger partial charge in [0.1, 0.15) is 0 Å². The molecule has 2 amide bonds. The van der Waals surface area contributed by atoms with Crippen LogP contribution >= 0.6 is 0 Å². The third-order valence-electron chi connectivity index (χ3n) is 4.33. The van der Waals surface area contributed by atoms with Gasteiger partial charge in [0.05, 0.1) is 19.1 Å². The van der Waals surface area contributed by atoms with E-state index in [1.54, 1.807) is 18.2 Å². The van der Waals surface area contributed by atoms with Gasteiger partial charge >= 0.3 is 0 Å². The molecule has 1 aromatic carbocycles. The molecular formula is C18H24N2O4. The smallest absolute Gasteiger partial charge is 0.229 e. The van der Waals surface area contributed by atoms with Crippen LogP contribution in [0.1, 0.15) is 33.1 Å². The van der Waals surface area contributed by atoms with Gasteiger partial charge in [0, 0.05) is 30.8 Å². The van der Waals surface area contributed by atoms with Crippen molar-refractivity contribution in [3.8, 4) is 11.5 Å². The van der Waals surface area contributed by atoms with Crippen molar-refractivity contribution in [2.75, 3.05) is 25.1 Å². The number of amides is 2. The van der Waals surface area contributed by atoms with Gasteiger partial charge in [0.25, 0.3) is 0 Å². The number of anilines is 1. The first kappa shape index (κ1) is 16.6. The average Bonchev–Trinajstić information content (AvgIpc) is 3.32. The first-order valence-electron chi connectivity index (χ1n) is 8.62. The van der Waals surface area contributed by atoms with E-state index in [1.807, 2.05) is 18.7 Å². The molecular weight excluding hydrogens is 308 g/mol. The van der Waals surface area contributed by atoms with Crippen molar-refractivity contribution in [2.45, 2.75) is 39.2 Å². The zero-order valence-electron chi connectivity index (χ0n) is 14.2. The highest BCUT2D eigenvalue weighted by atomic mass is 16.5. The first-order valence-corrected chi connectivity index (χ1v) is 8.62. The molecule has 1 saturated carbocycles. The maximum absolute atomic E-state index is 12.5. The Morgan fingerprint density at radius 3 is 2.58 bits per heavy atom. The number of nitrogens with zero attached hydrogens (tertiary/aromatic N) is 1. The average molecular weight is 332 g/mol. The number of ether oxygens (including phenoxy) is 2. The summed E-state index contributed by atoms with van der Waals surface area (Å²) in [6.45, 7) is 5.41. The van der Waals surface area contributed by atoms with Crippen molar-refractivity contribution in [2.24, 2.45) is 5.92 Å². The molecule has 3 rings (SSSR count). The van der Waals surface area contributed by atoms with E-state index < -0.39 is 0 Å². The number of hydrogen-bond donors (Lipinski definition) is 1. The summed E-state index contributed by atoms with van der Waals surface area (Å²) in [5, 5.41) is 2.90. The summed E-state index contributed by atoms with van der Waals surface area (Å²) in [5.41, 5.74) is 0.657. The summed E-state index contributed by atoms with van der Waals surface area (Å²) in [4.78, 5) is 26.3.